The zero-order chi connectivity index (χ0) is 24.9. The monoisotopic (exact) mass is 499 g/mol. The first kappa shape index (κ1) is 28.3. The van der Waals surface area contributed by atoms with E-state index < -0.39 is 29.8 Å². The van der Waals surface area contributed by atoms with Crippen molar-refractivity contribution >= 4 is 45.4 Å². The fourth-order valence-corrected chi connectivity index (χ4v) is 4.45. The molecule has 0 saturated carbocycles. The molecule has 0 aliphatic heterocycles. The molecule has 0 saturated heterocycles. The summed E-state index contributed by atoms with van der Waals surface area (Å²) in [5, 5.41) is 17.8. The molecule has 3 N–H and O–H groups in total. The number of alkyl carbamates (subject to hydrolysis) is 2. The Morgan fingerprint density at radius 1 is 1.18 bits per heavy atom. The highest BCUT2D eigenvalue weighted by Gasteiger charge is 2.25. The van der Waals surface area contributed by atoms with E-state index in [0.29, 0.717) is 12.1 Å². The molecule has 2 unspecified atom stereocenters. The number of carboxylic acid groups (broad SMARTS) is 1. The lowest BCUT2D eigenvalue weighted by molar-refractivity contribution is -0.139. The molecule has 2 amide bonds. The number of nitrogens with zero attached hydrogens (tertiary/aromatic N) is 3. The van der Waals surface area contributed by atoms with E-state index in [0.717, 1.165) is 5.56 Å². The van der Waals surface area contributed by atoms with Crippen LogP contribution in [0.25, 0.3) is 10.4 Å². The Hall–Kier alpha value is -2.76. The Labute approximate surface area is 200 Å². The maximum Gasteiger partial charge on any atom is 0.408 e. The largest absolute Gasteiger partial charge is 0.480 e. The molecule has 1 rings (SSSR count). The van der Waals surface area contributed by atoms with E-state index in [-0.39, 0.29) is 24.8 Å². The SMILES string of the molecule is CSSC(CCC(NC(=O)OC(C)(C)C)C(=O)O)CNC(=O)OCc1ccc(N=[N+]=[N-])cc1. The van der Waals surface area contributed by atoms with Gasteiger partial charge in [0.15, 0.2) is 0 Å². The van der Waals surface area contributed by atoms with E-state index in [2.05, 4.69) is 20.7 Å². The molecule has 0 aliphatic carbocycles. The molecular formula is C20H29N5O6S2. The maximum absolute atomic E-state index is 12.0. The minimum absolute atomic E-state index is 0.0453. The van der Waals surface area contributed by atoms with Crippen molar-refractivity contribution in [1.82, 2.24) is 10.6 Å². The average Bonchev–Trinajstić information content (AvgIpc) is 2.73. The van der Waals surface area contributed by atoms with E-state index in [1.165, 1.54) is 21.6 Å². The van der Waals surface area contributed by atoms with Crippen LogP contribution in [0.1, 0.15) is 39.2 Å². The molecule has 182 valence electrons. The van der Waals surface area contributed by atoms with E-state index >= 15 is 0 Å². The molecule has 1 aromatic rings. The van der Waals surface area contributed by atoms with Crippen molar-refractivity contribution in [3.63, 3.8) is 0 Å². The standard InChI is InChI=1S/C20H29N5O6S2/c1-20(2,3)31-19(29)23-16(17(26)27)10-9-15(33-32-4)11-22-18(28)30-12-13-5-7-14(8-6-13)24-25-21/h5-8,15-16H,9-12H2,1-4H3,(H,22,28)(H,23,29)(H,26,27). The summed E-state index contributed by atoms with van der Waals surface area (Å²) in [6.07, 6.45) is 1.07. The summed E-state index contributed by atoms with van der Waals surface area (Å²) in [7, 11) is 2.98. The molecule has 0 bridgehead atoms. The van der Waals surface area contributed by atoms with E-state index in [1.807, 2.05) is 6.26 Å². The number of hydrogen-bond acceptors (Lipinski definition) is 8. The second-order valence-electron chi connectivity index (χ2n) is 7.81. The first-order valence-corrected chi connectivity index (χ1v) is 12.6. The number of aliphatic carboxylic acids is 1. The molecule has 0 aliphatic rings. The number of benzene rings is 1. The van der Waals surface area contributed by atoms with Gasteiger partial charge in [-0.1, -0.05) is 51.0 Å². The molecule has 33 heavy (non-hydrogen) atoms. The van der Waals surface area contributed by atoms with Crippen molar-refractivity contribution in [3.05, 3.63) is 40.3 Å². The second-order valence-corrected chi connectivity index (χ2v) is 10.6. The van der Waals surface area contributed by atoms with Gasteiger partial charge in [0.2, 0.25) is 0 Å². The third-order valence-corrected chi connectivity index (χ3v) is 6.20. The van der Waals surface area contributed by atoms with Crippen LogP contribution in [0, 0.1) is 0 Å². The van der Waals surface area contributed by atoms with Gasteiger partial charge in [0.25, 0.3) is 0 Å². The lowest BCUT2D eigenvalue weighted by atomic mass is 10.1. The predicted molar refractivity (Wildman–Crippen MR) is 128 cm³/mol. The molecule has 0 aromatic heterocycles. The lowest BCUT2D eigenvalue weighted by Gasteiger charge is -2.23. The number of ether oxygens (including phenoxy) is 2. The number of rotatable bonds is 12. The molecule has 1 aromatic carbocycles. The highest BCUT2D eigenvalue weighted by molar-refractivity contribution is 8.76. The smallest absolute Gasteiger partial charge is 0.408 e. The van der Waals surface area contributed by atoms with Crippen molar-refractivity contribution in [2.24, 2.45) is 5.11 Å². The zero-order valence-corrected chi connectivity index (χ0v) is 20.6. The highest BCUT2D eigenvalue weighted by Crippen LogP contribution is 2.27. The average molecular weight is 500 g/mol. The summed E-state index contributed by atoms with van der Waals surface area (Å²) >= 11 is 0. The molecule has 0 spiro atoms. The number of carbonyl (C=O) groups excluding carboxylic acids is 2. The minimum Gasteiger partial charge on any atom is -0.480 e. The Bertz CT molecular complexity index is 840. The number of carbonyl (C=O) groups is 3. The van der Waals surface area contributed by atoms with Gasteiger partial charge in [0.1, 0.15) is 18.2 Å². The van der Waals surface area contributed by atoms with E-state index in [1.54, 1.807) is 45.0 Å². The normalized spacial score (nSPS) is 12.6. The summed E-state index contributed by atoms with van der Waals surface area (Å²) in [5.41, 5.74) is 8.86. The van der Waals surface area contributed by atoms with Gasteiger partial charge in [-0.15, -0.1) is 0 Å². The van der Waals surface area contributed by atoms with Crippen LogP contribution in [-0.4, -0.2) is 53.0 Å². The van der Waals surface area contributed by atoms with Crippen molar-refractivity contribution in [3.8, 4) is 0 Å². The van der Waals surface area contributed by atoms with Crippen LogP contribution >= 0.6 is 21.6 Å². The number of azide groups is 1. The Morgan fingerprint density at radius 3 is 2.39 bits per heavy atom. The van der Waals surface area contributed by atoms with Crippen molar-refractivity contribution in [2.45, 2.75) is 57.1 Å². The van der Waals surface area contributed by atoms with Gasteiger partial charge in [-0.25, -0.2) is 14.4 Å². The highest BCUT2D eigenvalue weighted by atomic mass is 33.1. The first-order chi connectivity index (χ1) is 15.5. The van der Waals surface area contributed by atoms with Gasteiger partial charge in [-0.3, -0.25) is 0 Å². The van der Waals surface area contributed by atoms with Gasteiger partial charge in [-0.2, -0.15) is 0 Å². The van der Waals surface area contributed by atoms with Crippen molar-refractivity contribution < 1.29 is 29.0 Å². The van der Waals surface area contributed by atoms with Gasteiger partial charge in [0.05, 0.1) is 0 Å². The van der Waals surface area contributed by atoms with Crippen LogP contribution in [0.5, 0.6) is 0 Å². The molecule has 0 fully saturated rings. The number of amides is 2. The number of carboxylic acids is 1. The van der Waals surface area contributed by atoms with Crippen LogP contribution < -0.4 is 10.6 Å². The van der Waals surface area contributed by atoms with Crippen LogP contribution in [-0.2, 0) is 20.9 Å². The van der Waals surface area contributed by atoms with E-state index in [4.69, 9.17) is 15.0 Å². The topological polar surface area (TPSA) is 163 Å². The summed E-state index contributed by atoms with van der Waals surface area (Å²) in [4.78, 5) is 38.1. The molecule has 0 heterocycles. The lowest BCUT2D eigenvalue weighted by Crippen LogP contribution is -2.44. The molecule has 13 heteroatoms. The zero-order valence-electron chi connectivity index (χ0n) is 18.9. The fraction of sp³-hybridized carbons (Fsp3) is 0.550. The van der Waals surface area contributed by atoms with Gasteiger partial charge in [0, 0.05) is 22.4 Å². The maximum atomic E-state index is 12.0. The minimum atomic E-state index is -1.16. The van der Waals surface area contributed by atoms with Crippen molar-refractivity contribution in [1.29, 1.82) is 0 Å². The summed E-state index contributed by atoms with van der Waals surface area (Å²) < 4.78 is 10.3. The first-order valence-electron chi connectivity index (χ1n) is 10.0. The summed E-state index contributed by atoms with van der Waals surface area (Å²) in [6.45, 7) is 5.38. The van der Waals surface area contributed by atoms with E-state index in [9.17, 15) is 19.5 Å². The number of hydrogen-bond donors (Lipinski definition) is 3. The third-order valence-electron chi connectivity index (χ3n) is 3.94. The second kappa shape index (κ2) is 14.4. The predicted octanol–water partition coefficient (Wildman–Crippen LogP) is 4.99. The quantitative estimate of drug-likeness (QED) is 0.157. The molecule has 11 nitrogen and oxygen atoms in total. The van der Waals surface area contributed by atoms with Gasteiger partial charge < -0.3 is 25.2 Å². The summed E-state index contributed by atoms with van der Waals surface area (Å²) in [5.74, 6) is -1.16. The molecule has 2 atom stereocenters. The van der Waals surface area contributed by atoms with Crippen LogP contribution in [0.3, 0.4) is 0 Å². The van der Waals surface area contributed by atoms with Crippen LogP contribution in [0.15, 0.2) is 29.4 Å². The van der Waals surface area contributed by atoms with Crippen LogP contribution in [0.4, 0.5) is 15.3 Å². The third kappa shape index (κ3) is 12.8. The summed E-state index contributed by atoms with van der Waals surface area (Å²) in [6, 6.07) is 5.50. The Kier molecular flexibility index (Phi) is 12.3. The van der Waals surface area contributed by atoms with Crippen molar-refractivity contribution in [2.75, 3.05) is 12.8 Å². The van der Waals surface area contributed by atoms with Gasteiger partial charge in [-0.05, 0) is 51.0 Å². The number of nitrogens with one attached hydrogen (secondary N) is 2. The van der Waals surface area contributed by atoms with Crippen LogP contribution in [0.2, 0.25) is 0 Å². The van der Waals surface area contributed by atoms with Gasteiger partial charge >= 0.3 is 18.2 Å². The molecular weight excluding hydrogens is 470 g/mol. The molecule has 0 radical (unpaired) electrons. The Balaban J connectivity index is 2.50. The fourth-order valence-electron chi connectivity index (χ4n) is 2.49. The Morgan fingerprint density at radius 2 is 1.85 bits per heavy atom.